The first-order valence-electron chi connectivity index (χ1n) is 9.87. The molecular weight excluding hydrogens is 356 g/mol. The van der Waals surface area contributed by atoms with E-state index in [0.29, 0.717) is 6.42 Å². The zero-order valence-electron chi connectivity index (χ0n) is 16.0. The molecule has 1 unspecified atom stereocenters. The number of carbonyl (C=O) groups is 1. The standard InChI is InChI=1S/C21H26N4OS/c1-3-4-7-13-27-21-23-20-22-16-11-8-12-17(26)18(16)19(25(20)24-21)15-10-6-5-9-14(15)2/h5-6,9-10,19H,3-4,7-8,11-13H2,1-2H3,(H,22,23,24). The Morgan fingerprint density at radius 1 is 1.26 bits per heavy atom. The first-order valence-corrected chi connectivity index (χ1v) is 10.9. The van der Waals surface area contributed by atoms with Gasteiger partial charge in [-0.15, -0.1) is 5.10 Å². The van der Waals surface area contributed by atoms with Gasteiger partial charge in [0.1, 0.15) is 6.04 Å². The second kappa shape index (κ2) is 7.89. The second-order valence-electron chi connectivity index (χ2n) is 7.27. The van der Waals surface area contributed by atoms with E-state index < -0.39 is 0 Å². The van der Waals surface area contributed by atoms with Gasteiger partial charge in [-0.3, -0.25) is 4.79 Å². The van der Waals surface area contributed by atoms with Crippen LogP contribution in [0.3, 0.4) is 0 Å². The molecule has 4 rings (SSSR count). The average molecular weight is 383 g/mol. The number of nitrogens with zero attached hydrogens (tertiary/aromatic N) is 3. The number of allylic oxidation sites excluding steroid dienone is 2. The van der Waals surface area contributed by atoms with E-state index in [0.717, 1.165) is 46.5 Å². The maximum absolute atomic E-state index is 12.8. The third-order valence-electron chi connectivity index (χ3n) is 5.31. The maximum atomic E-state index is 12.8. The molecule has 0 spiro atoms. The lowest BCUT2D eigenvalue weighted by molar-refractivity contribution is -0.116. The van der Waals surface area contributed by atoms with Crippen molar-refractivity contribution in [2.45, 2.75) is 63.6 Å². The summed E-state index contributed by atoms with van der Waals surface area (Å²) in [4.78, 5) is 17.5. The van der Waals surface area contributed by atoms with Gasteiger partial charge >= 0.3 is 0 Å². The molecule has 0 saturated heterocycles. The number of ketones is 1. The number of hydrogen-bond acceptors (Lipinski definition) is 5. The number of anilines is 1. The van der Waals surface area contributed by atoms with Crippen LogP contribution in [0, 0.1) is 6.92 Å². The summed E-state index contributed by atoms with van der Waals surface area (Å²) in [6.45, 7) is 4.31. The van der Waals surface area contributed by atoms with Crippen LogP contribution in [0.1, 0.15) is 62.6 Å². The number of carbonyl (C=O) groups excluding carboxylic acids is 1. The fraction of sp³-hybridized carbons (Fsp3) is 0.476. The largest absolute Gasteiger partial charge is 0.328 e. The molecule has 1 atom stereocenters. The highest BCUT2D eigenvalue weighted by molar-refractivity contribution is 7.99. The summed E-state index contributed by atoms with van der Waals surface area (Å²) >= 11 is 1.70. The minimum absolute atomic E-state index is 0.178. The van der Waals surface area contributed by atoms with Crippen molar-refractivity contribution in [1.29, 1.82) is 0 Å². The smallest absolute Gasteiger partial charge is 0.227 e. The number of rotatable bonds is 6. The lowest BCUT2D eigenvalue weighted by Gasteiger charge is -2.32. The van der Waals surface area contributed by atoms with Gasteiger partial charge in [-0.25, -0.2) is 4.68 Å². The molecule has 1 aliphatic heterocycles. The molecule has 2 aliphatic rings. The van der Waals surface area contributed by atoms with Gasteiger partial charge in [-0.05, 0) is 37.3 Å². The molecule has 0 radical (unpaired) electrons. The van der Waals surface area contributed by atoms with Crippen LogP contribution in [-0.4, -0.2) is 26.3 Å². The summed E-state index contributed by atoms with van der Waals surface area (Å²) in [6, 6.07) is 8.10. The van der Waals surface area contributed by atoms with Gasteiger partial charge in [0, 0.05) is 23.4 Å². The molecular formula is C21H26N4OS. The number of fused-ring (bicyclic) bond motifs is 1. The van der Waals surface area contributed by atoms with Crippen LogP contribution in [0.5, 0.6) is 0 Å². The van der Waals surface area contributed by atoms with Crippen molar-refractivity contribution < 1.29 is 4.79 Å². The molecule has 2 heterocycles. The van der Waals surface area contributed by atoms with Crippen LogP contribution in [0.2, 0.25) is 0 Å². The topological polar surface area (TPSA) is 59.8 Å². The fourth-order valence-electron chi connectivity index (χ4n) is 3.89. The Morgan fingerprint density at radius 2 is 2.11 bits per heavy atom. The van der Waals surface area contributed by atoms with Crippen LogP contribution in [-0.2, 0) is 4.79 Å². The highest BCUT2D eigenvalue weighted by Gasteiger charge is 2.37. The second-order valence-corrected chi connectivity index (χ2v) is 8.33. The predicted octanol–water partition coefficient (Wildman–Crippen LogP) is 4.89. The first kappa shape index (κ1) is 18.3. The molecule has 0 fully saturated rings. The van der Waals surface area contributed by atoms with Gasteiger partial charge in [0.05, 0.1) is 0 Å². The minimum Gasteiger partial charge on any atom is -0.328 e. The van der Waals surface area contributed by atoms with Crippen molar-refractivity contribution in [3.05, 3.63) is 46.7 Å². The molecule has 1 N–H and O–H groups in total. The molecule has 0 saturated carbocycles. The number of benzene rings is 1. The number of nitrogens with one attached hydrogen (secondary N) is 1. The predicted molar refractivity (Wildman–Crippen MR) is 109 cm³/mol. The summed E-state index contributed by atoms with van der Waals surface area (Å²) in [6.07, 6.45) is 6.03. The van der Waals surface area contributed by atoms with Crippen LogP contribution in [0.4, 0.5) is 5.95 Å². The number of aromatic nitrogens is 3. The van der Waals surface area contributed by atoms with Crippen LogP contribution in [0.15, 0.2) is 40.7 Å². The fourth-order valence-corrected chi connectivity index (χ4v) is 4.72. The molecule has 2 aromatic rings. The zero-order valence-corrected chi connectivity index (χ0v) is 16.8. The average Bonchev–Trinajstić information content (AvgIpc) is 3.07. The monoisotopic (exact) mass is 382 g/mol. The van der Waals surface area contributed by atoms with Crippen LogP contribution >= 0.6 is 11.8 Å². The highest BCUT2D eigenvalue weighted by atomic mass is 32.2. The number of aryl methyl sites for hydroxylation is 1. The molecule has 1 aromatic heterocycles. The molecule has 5 nitrogen and oxygen atoms in total. The minimum atomic E-state index is -0.178. The van der Waals surface area contributed by atoms with E-state index in [1.54, 1.807) is 11.8 Å². The molecule has 27 heavy (non-hydrogen) atoms. The Balaban J connectivity index is 1.73. The Kier molecular flexibility index (Phi) is 5.34. The quantitative estimate of drug-likeness (QED) is 0.569. The van der Waals surface area contributed by atoms with Crippen LogP contribution < -0.4 is 5.32 Å². The number of Topliss-reactive ketones (excluding diaryl/α,β-unsaturated/α-hetero) is 1. The van der Waals surface area contributed by atoms with Gasteiger partial charge in [0.15, 0.2) is 5.78 Å². The summed E-state index contributed by atoms with van der Waals surface area (Å²) in [5.74, 6) is 2.02. The molecule has 0 amide bonds. The Hall–Kier alpha value is -2.08. The highest BCUT2D eigenvalue weighted by Crippen LogP contribution is 2.41. The SMILES string of the molecule is CCCCCSc1nc2n(n1)C(c1ccccc1C)C1=C(CCCC1=O)N2. The van der Waals surface area contributed by atoms with E-state index in [2.05, 4.69) is 31.3 Å². The van der Waals surface area contributed by atoms with E-state index in [-0.39, 0.29) is 11.8 Å². The Morgan fingerprint density at radius 3 is 2.93 bits per heavy atom. The normalized spacial score (nSPS) is 18.9. The molecule has 1 aliphatic carbocycles. The van der Waals surface area contributed by atoms with Crippen molar-refractivity contribution in [3.63, 3.8) is 0 Å². The molecule has 6 heteroatoms. The van der Waals surface area contributed by atoms with Gasteiger partial charge in [0.2, 0.25) is 11.1 Å². The maximum Gasteiger partial charge on any atom is 0.227 e. The summed E-state index contributed by atoms with van der Waals surface area (Å²) in [5, 5.41) is 8.99. The van der Waals surface area contributed by atoms with E-state index in [4.69, 9.17) is 10.1 Å². The third-order valence-corrected chi connectivity index (χ3v) is 6.23. The lowest BCUT2D eigenvalue weighted by Crippen LogP contribution is -2.31. The van der Waals surface area contributed by atoms with Gasteiger partial charge in [-0.2, -0.15) is 4.98 Å². The van der Waals surface area contributed by atoms with Crippen molar-refractivity contribution in [2.24, 2.45) is 0 Å². The molecule has 0 bridgehead atoms. The van der Waals surface area contributed by atoms with E-state index in [9.17, 15) is 4.79 Å². The first-order chi connectivity index (χ1) is 13.2. The number of unbranched alkanes of at least 4 members (excludes halogenated alkanes) is 2. The summed E-state index contributed by atoms with van der Waals surface area (Å²) in [5.41, 5.74) is 4.21. The zero-order chi connectivity index (χ0) is 18.8. The van der Waals surface area contributed by atoms with E-state index >= 15 is 0 Å². The lowest BCUT2D eigenvalue weighted by atomic mass is 9.84. The Labute approximate surface area is 164 Å². The molecule has 1 aromatic carbocycles. The number of thioether (sulfide) groups is 1. The Bertz CT molecular complexity index is 886. The van der Waals surface area contributed by atoms with Gasteiger partial charge < -0.3 is 5.32 Å². The van der Waals surface area contributed by atoms with Crippen molar-refractivity contribution in [3.8, 4) is 0 Å². The number of hydrogen-bond donors (Lipinski definition) is 1. The van der Waals surface area contributed by atoms with Gasteiger partial charge in [-0.1, -0.05) is 55.8 Å². The van der Waals surface area contributed by atoms with E-state index in [1.807, 2.05) is 16.8 Å². The van der Waals surface area contributed by atoms with Gasteiger partial charge in [0.25, 0.3) is 0 Å². The summed E-state index contributed by atoms with van der Waals surface area (Å²) < 4.78 is 1.92. The van der Waals surface area contributed by atoms with E-state index in [1.165, 1.54) is 24.8 Å². The van der Waals surface area contributed by atoms with Crippen molar-refractivity contribution in [1.82, 2.24) is 14.8 Å². The summed E-state index contributed by atoms with van der Waals surface area (Å²) in [7, 11) is 0. The van der Waals surface area contributed by atoms with Crippen molar-refractivity contribution >= 4 is 23.5 Å². The van der Waals surface area contributed by atoms with Crippen LogP contribution in [0.25, 0.3) is 0 Å². The third kappa shape index (κ3) is 3.55. The molecule has 142 valence electrons. The van der Waals surface area contributed by atoms with Crippen molar-refractivity contribution in [2.75, 3.05) is 11.1 Å².